The average molecular weight is 958 g/mol. The fourth-order valence-electron chi connectivity index (χ4n) is 7.51. The lowest BCUT2D eigenvalue weighted by molar-refractivity contribution is -0.167. The highest BCUT2D eigenvalue weighted by molar-refractivity contribution is 5.71. The van der Waals surface area contributed by atoms with Crippen LogP contribution in [0.4, 0.5) is 0 Å². The zero-order valence-corrected chi connectivity index (χ0v) is 44.8. The van der Waals surface area contributed by atoms with Crippen molar-refractivity contribution in [3.8, 4) is 0 Å². The summed E-state index contributed by atoms with van der Waals surface area (Å²) >= 11 is 0. The second-order valence-corrected chi connectivity index (χ2v) is 18.5. The monoisotopic (exact) mass is 957 g/mol. The Hall–Kier alpha value is -3.93. The number of carbonyl (C=O) groups excluding carboxylic acids is 3. The normalized spacial score (nSPS) is 12.9. The first kappa shape index (κ1) is 65.1. The first-order chi connectivity index (χ1) is 34.0. The summed E-state index contributed by atoms with van der Waals surface area (Å²) in [6, 6.07) is 0. The van der Waals surface area contributed by atoms with Gasteiger partial charge in [-0.3, -0.25) is 14.4 Å². The van der Waals surface area contributed by atoms with Crippen molar-refractivity contribution in [2.75, 3.05) is 13.2 Å². The van der Waals surface area contributed by atoms with Gasteiger partial charge < -0.3 is 14.2 Å². The molecule has 392 valence electrons. The molecule has 1 unspecified atom stereocenters. The molecule has 0 saturated carbocycles. The third-order valence-corrected chi connectivity index (χ3v) is 11.8. The topological polar surface area (TPSA) is 78.9 Å². The second kappa shape index (κ2) is 56.7. The van der Waals surface area contributed by atoms with Crippen molar-refractivity contribution in [3.63, 3.8) is 0 Å². The highest BCUT2D eigenvalue weighted by Crippen LogP contribution is 2.14. The predicted molar refractivity (Wildman–Crippen MR) is 297 cm³/mol. The van der Waals surface area contributed by atoms with Crippen molar-refractivity contribution < 1.29 is 28.6 Å². The van der Waals surface area contributed by atoms with Gasteiger partial charge in [-0.2, -0.15) is 0 Å². The summed E-state index contributed by atoms with van der Waals surface area (Å²) in [6.45, 7) is 6.42. The number of carbonyl (C=O) groups is 3. The maximum absolute atomic E-state index is 12.7. The molecular formula is C63H104O6. The maximum atomic E-state index is 12.7. The van der Waals surface area contributed by atoms with Crippen molar-refractivity contribution in [1.29, 1.82) is 0 Å². The Morgan fingerprint density at radius 3 is 0.928 bits per heavy atom. The number of rotatable bonds is 50. The van der Waals surface area contributed by atoms with E-state index >= 15 is 0 Å². The van der Waals surface area contributed by atoms with Gasteiger partial charge in [0.2, 0.25) is 0 Å². The van der Waals surface area contributed by atoms with Crippen molar-refractivity contribution in [2.24, 2.45) is 0 Å². The van der Waals surface area contributed by atoms with Gasteiger partial charge in [-0.15, -0.1) is 0 Å². The molecule has 0 aliphatic heterocycles. The molecule has 6 nitrogen and oxygen atoms in total. The molecule has 0 aliphatic carbocycles. The molecule has 0 aromatic heterocycles. The highest BCUT2D eigenvalue weighted by Gasteiger charge is 2.19. The first-order valence-electron chi connectivity index (χ1n) is 28.4. The van der Waals surface area contributed by atoms with Crippen LogP contribution in [-0.4, -0.2) is 37.2 Å². The lowest BCUT2D eigenvalue weighted by atomic mass is 10.1. The molecule has 0 aromatic carbocycles. The fraction of sp³-hybridized carbons (Fsp3) is 0.667. The van der Waals surface area contributed by atoms with E-state index in [2.05, 4.69) is 130 Å². The maximum Gasteiger partial charge on any atom is 0.306 e. The van der Waals surface area contributed by atoms with Crippen LogP contribution < -0.4 is 0 Å². The molecule has 0 radical (unpaired) electrons. The Morgan fingerprint density at radius 1 is 0.304 bits per heavy atom. The zero-order chi connectivity index (χ0) is 50.0. The number of esters is 3. The SMILES string of the molecule is CC/C=C\C/C=C\C/C=C\C/C=C\C/C=C\C/C=C\C/C=C\C/C=C\CCCCCCCCCCC(=O)OCC(COC(=O)CCCCCCCC)OC(=O)CCCCCCC/C=C\CCCCC. The van der Waals surface area contributed by atoms with Crippen LogP contribution in [-0.2, 0) is 28.6 Å². The van der Waals surface area contributed by atoms with Crippen LogP contribution in [0.5, 0.6) is 0 Å². The Morgan fingerprint density at radius 2 is 0.565 bits per heavy atom. The number of ether oxygens (including phenoxy) is 3. The van der Waals surface area contributed by atoms with Crippen LogP contribution in [0.15, 0.2) is 109 Å². The van der Waals surface area contributed by atoms with Crippen molar-refractivity contribution in [1.82, 2.24) is 0 Å². The van der Waals surface area contributed by atoms with E-state index in [4.69, 9.17) is 14.2 Å². The van der Waals surface area contributed by atoms with Crippen LogP contribution >= 0.6 is 0 Å². The van der Waals surface area contributed by atoms with Gasteiger partial charge in [0, 0.05) is 19.3 Å². The van der Waals surface area contributed by atoms with Crippen molar-refractivity contribution >= 4 is 17.9 Å². The largest absolute Gasteiger partial charge is 0.462 e. The van der Waals surface area contributed by atoms with Crippen LogP contribution in [0.25, 0.3) is 0 Å². The molecule has 0 N–H and O–H groups in total. The number of hydrogen-bond donors (Lipinski definition) is 0. The van der Waals surface area contributed by atoms with Gasteiger partial charge in [0.15, 0.2) is 6.10 Å². The summed E-state index contributed by atoms with van der Waals surface area (Å²) in [4.78, 5) is 37.7. The highest BCUT2D eigenvalue weighted by atomic mass is 16.6. The summed E-state index contributed by atoms with van der Waals surface area (Å²) in [7, 11) is 0. The van der Waals surface area contributed by atoms with Gasteiger partial charge in [-0.25, -0.2) is 0 Å². The molecule has 69 heavy (non-hydrogen) atoms. The van der Waals surface area contributed by atoms with Crippen LogP contribution in [0, 0.1) is 0 Å². The molecule has 1 atom stereocenters. The van der Waals surface area contributed by atoms with Gasteiger partial charge in [0.05, 0.1) is 0 Å². The van der Waals surface area contributed by atoms with E-state index in [-0.39, 0.29) is 31.1 Å². The molecule has 0 fully saturated rings. The van der Waals surface area contributed by atoms with Crippen molar-refractivity contribution in [2.45, 2.75) is 258 Å². The molecule has 0 heterocycles. The minimum Gasteiger partial charge on any atom is -0.462 e. The predicted octanol–water partition coefficient (Wildman–Crippen LogP) is 19.1. The summed E-state index contributed by atoms with van der Waals surface area (Å²) in [5, 5.41) is 0. The Kier molecular flexibility index (Phi) is 53.4. The van der Waals surface area contributed by atoms with E-state index in [1.807, 2.05) is 0 Å². The molecule has 6 heteroatoms. The number of allylic oxidation sites excluding steroid dienone is 18. The molecule has 0 amide bonds. The Labute approximate surface area is 425 Å². The minimum atomic E-state index is -0.781. The summed E-state index contributed by atoms with van der Waals surface area (Å²) in [5.74, 6) is -0.914. The summed E-state index contributed by atoms with van der Waals surface area (Å²) < 4.78 is 16.7. The lowest BCUT2D eigenvalue weighted by Gasteiger charge is -2.18. The van der Waals surface area contributed by atoms with E-state index in [1.54, 1.807) is 0 Å². The zero-order valence-electron chi connectivity index (χ0n) is 44.8. The Bertz CT molecular complexity index is 1420. The lowest BCUT2D eigenvalue weighted by Crippen LogP contribution is -2.30. The van der Waals surface area contributed by atoms with Gasteiger partial charge >= 0.3 is 17.9 Å². The van der Waals surface area contributed by atoms with E-state index in [0.717, 1.165) is 128 Å². The fourth-order valence-corrected chi connectivity index (χ4v) is 7.51. The quantitative estimate of drug-likeness (QED) is 0.0262. The van der Waals surface area contributed by atoms with Gasteiger partial charge in [-0.1, -0.05) is 233 Å². The third kappa shape index (κ3) is 54.9. The minimum absolute atomic E-state index is 0.0837. The van der Waals surface area contributed by atoms with Gasteiger partial charge in [0.25, 0.3) is 0 Å². The number of hydrogen-bond acceptors (Lipinski definition) is 6. The summed E-state index contributed by atoms with van der Waals surface area (Å²) in [6.07, 6.45) is 76.9. The summed E-state index contributed by atoms with van der Waals surface area (Å²) in [5.41, 5.74) is 0. The number of unbranched alkanes of at least 4 members (excludes halogenated alkanes) is 21. The van der Waals surface area contributed by atoms with E-state index in [0.29, 0.717) is 19.3 Å². The van der Waals surface area contributed by atoms with Crippen molar-refractivity contribution in [3.05, 3.63) is 109 Å². The van der Waals surface area contributed by atoms with E-state index < -0.39 is 6.10 Å². The van der Waals surface area contributed by atoms with Gasteiger partial charge in [-0.05, 0) is 109 Å². The first-order valence-corrected chi connectivity index (χ1v) is 28.4. The smallest absolute Gasteiger partial charge is 0.306 e. The van der Waals surface area contributed by atoms with E-state index in [1.165, 1.54) is 83.5 Å². The third-order valence-electron chi connectivity index (χ3n) is 11.8. The van der Waals surface area contributed by atoms with E-state index in [9.17, 15) is 14.4 Å². The van der Waals surface area contributed by atoms with Gasteiger partial charge in [0.1, 0.15) is 13.2 Å². The molecule has 0 aliphatic rings. The molecule has 0 aromatic rings. The molecule has 0 spiro atoms. The molecule has 0 saturated heterocycles. The second-order valence-electron chi connectivity index (χ2n) is 18.5. The molecule has 0 rings (SSSR count). The molecular weight excluding hydrogens is 853 g/mol. The van der Waals surface area contributed by atoms with Crippen LogP contribution in [0.3, 0.4) is 0 Å². The Balaban J connectivity index is 4.08. The van der Waals surface area contributed by atoms with Crippen LogP contribution in [0.1, 0.15) is 252 Å². The molecule has 0 bridgehead atoms. The van der Waals surface area contributed by atoms with Crippen LogP contribution in [0.2, 0.25) is 0 Å². The standard InChI is InChI=1S/C63H104O6/c1-4-7-10-13-16-18-20-22-23-24-25-26-27-28-29-30-31-32-33-34-35-36-37-38-39-40-41-42-44-45-47-50-53-56-62(65)68-59-60(58-67-61(64)55-52-49-15-12-9-6-3)69-63(66)57-54-51-48-46-43-21-19-17-14-11-8-5-2/h7,10,16-19,22-23,25-26,28-29,31-32,34-35,37-38,60H,4-6,8-9,11-15,20-21,24,27,30,33,36,39-59H2,1-3H3/b10-7-,18-16-,19-17-,23-22-,26-25-,29-28-,32-31-,35-34-,38-37-. The average Bonchev–Trinajstić information content (AvgIpc) is 3.35.